The van der Waals surface area contributed by atoms with Crippen molar-refractivity contribution in [3.8, 4) is 11.5 Å². The quantitative estimate of drug-likeness (QED) is 0.819. The number of benzene rings is 1. The first kappa shape index (κ1) is 13.3. The van der Waals surface area contributed by atoms with Gasteiger partial charge >= 0.3 is 0 Å². The lowest BCUT2D eigenvalue weighted by Gasteiger charge is -2.15. The number of nitrogens with zero attached hydrogens (tertiary/aromatic N) is 1. The molecule has 0 saturated carbocycles. The van der Waals surface area contributed by atoms with Crippen LogP contribution >= 0.6 is 0 Å². The number of rotatable bonds is 4. The van der Waals surface area contributed by atoms with E-state index in [0.717, 1.165) is 0 Å². The van der Waals surface area contributed by atoms with Crippen molar-refractivity contribution in [2.45, 2.75) is 19.4 Å². The predicted molar refractivity (Wildman–Crippen MR) is 63.1 cm³/mol. The summed E-state index contributed by atoms with van der Waals surface area (Å²) in [5, 5.41) is 0. The molecule has 1 aromatic carbocycles. The Hall–Kier alpha value is -1.80. The number of methoxy groups -OCH3 is 2. The lowest BCUT2D eigenvalue weighted by atomic mass is 10.0. The first-order valence-corrected chi connectivity index (χ1v) is 5.11. The molecule has 0 heterocycles. The van der Waals surface area contributed by atoms with Crippen LogP contribution in [0, 0.1) is 12.4 Å². The standard InChI is InChI=1S/C12H15FN2O2/c1-7(14)5-8-6-9(16-3)11(15-2)10(13)12(8)17-4/h6-7H,5,14H2,1,3-4H3. The third-order valence-electron chi connectivity index (χ3n) is 2.32. The summed E-state index contributed by atoms with van der Waals surface area (Å²) in [4.78, 5) is 3.11. The van der Waals surface area contributed by atoms with Crippen LogP contribution in [-0.4, -0.2) is 20.3 Å². The number of hydrogen-bond donors (Lipinski definition) is 1. The SMILES string of the molecule is [C-]#[N+]c1c(OC)cc(CC(C)N)c(OC)c1F. The van der Waals surface area contributed by atoms with Crippen LogP contribution in [0.4, 0.5) is 10.1 Å². The van der Waals surface area contributed by atoms with Crippen LogP contribution in [0.1, 0.15) is 12.5 Å². The van der Waals surface area contributed by atoms with Crippen molar-refractivity contribution in [3.63, 3.8) is 0 Å². The molecule has 17 heavy (non-hydrogen) atoms. The zero-order valence-electron chi connectivity index (χ0n) is 10.1. The number of ether oxygens (including phenoxy) is 2. The van der Waals surface area contributed by atoms with Crippen LogP contribution in [-0.2, 0) is 6.42 Å². The van der Waals surface area contributed by atoms with Gasteiger partial charge in [0.2, 0.25) is 0 Å². The molecular formula is C12H15FN2O2. The van der Waals surface area contributed by atoms with E-state index in [2.05, 4.69) is 4.85 Å². The molecule has 0 saturated heterocycles. The number of hydrogen-bond acceptors (Lipinski definition) is 3. The second-order valence-electron chi connectivity index (χ2n) is 3.73. The Labute approximate surface area is 100.0 Å². The van der Waals surface area contributed by atoms with Crippen molar-refractivity contribution in [1.29, 1.82) is 0 Å². The Balaban J connectivity index is 3.41. The van der Waals surface area contributed by atoms with E-state index in [1.54, 1.807) is 6.07 Å². The van der Waals surface area contributed by atoms with E-state index in [0.29, 0.717) is 12.0 Å². The summed E-state index contributed by atoms with van der Waals surface area (Å²) in [6, 6.07) is 1.46. The molecule has 1 rings (SSSR count). The molecule has 0 radical (unpaired) electrons. The molecule has 0 amide bonds. The van der Waals surface area contributed by atoms with Crippen LogP contribution in [0.25, 0.3) is 4.85 Å². The van der Waals surface area contributed by atoms with Gasteiger partial charge in [0, 0.05) is 6.04 Å². The molecular weight excluding hydrogens is 223 g/mol. The summed E-state index contributed by atoms with van der Waals surface area (Å²) >= 11 is 0. The van der Waals surface area contributed by atoms with Gasteiger partial charge in [0.1, 0.15) is 11.5 Å². The second-order valence-corrected chi connectivity index (χ2v) is 3.73. The largest absolute Gasteiger partial charge is 0.508 e. The smallest absolute Gasteiger partial charge is 0.266 e. The summed E-state index contributed by atoms with van der Waals surface area (Å²) < 4.78 is 24.0. The Morgan fingerprint density at radius 3 is 2.53 bits per heavy atom. The van der Waals surface area contributed by atoms with E-state index in [1.165, 1.54) is 14.2 Å². The normalized spacial score (nSPS) is 11.8. The molecule has 1 aromatic rings. The van der Waals surface area contributed by atoms with E-state index in [-0.39, 0.29) is 23.2 Å². The van der Waals surface area contributed by atoms with Crippen molar-refractivity contribution in [1.82, 2.24) is 0 Å². The highest BCUT2D eigenvalue weighted by Crippen LogP contribution is 2.39. The molecule has 0 fully saturated rings. The van der Waals surface area contributed by atoms with Crippen LogP contribution in [0.5, 0.6) is 11.5 Å². The van der Waals surface area contributed by atoms with E-state index in [4.69, 9.17) is 21.8 Å². The summed E-state index contributed by atoms with van der Waals surface area (Å²) in [7, 11) is 2.76. The van der Waals surface area contributed by atoms with Gasteiger partial charge in [-0.1, -0.05) is 0 Å². The fourth-order valence-corrected chi connectivity index (χ4v) is 1.63. The maximum Gasteiger partial charge on any atom is 0.266 e. The minimum atomic E-state index is -0.697. The van der Waals surface area contributed by atoms with Crippen molar-refractivity contribution in [2.24, 2.45) is 5.73 Å². The van der Waals surface area contributed by atoms with Crippen molar-refractivity contribution >= 4 is 5.69 Å². The van der Waals surface area contributed by atoms with Crippen molar-refractivity contribution in [3.05, 3.63) is 28.9 Å². The lowest BCUT2D eigenvalue weighted by Crippen LogP contribution is -2.18. The fourth-order valence-electron chi connectivity index (χ4n) is 1.63. The van der Waals surface area contributed by atoms with E-state index in [9.17, 15) is 4.39 Å². The lowest BCUT2D eigenvalue weighted by molar-refractivity contribution is 0.374. The Morgan fingerprint density at radius 2 is 2.12 bits per heavy atom. The van der Waals surface area contributed by atoms with Gasteiger partial charge in [0.05, 0.1) is 20.8 Å². The maximum atomic E-state index is 14.0. The number of nitrogens with two attached hydrogens (primary N) is 1. The zero-order valence-corrected chi connectivity index (χ0v) is 10.1. The Kier molecular flexibility index (Phi) is 4.30. The highest BCUT2D eigenvalue weighted by molar-refractivity contribution is 5.64. The third kappa shape index (κ3) is 2.66. The van der Waals surface area contributed by atoms with Gasteiger partial charge in [-0.3, -0.25) is 0 Å². The molecule has 1 unspecified atom stereocenters. The summed E-state index contributed by atoms with van der Waals surface area (Å²) in [5.41, 5.74) is 6.11. The minimum Gasteiger partial charge on any atom is -0.508 e. The Bertz CT molecular complexity index is 453. The molecule has 0 bridgehead atoms. The summed E-state index contributed by atoms with van der Waals surface area (Å²) in [6.07, 6.45) is 0.453. The van der Waals surface area contributed by atoms with Crippen LogP contribution < -0.4 is 15.2 Å². The maximum absolute atomic E-state index is 14.0. The highest BCUT2D eigenvalue weighted by atomic mass is 19.1. The van der Waals surface area contributed by atoms with Gasteiger partial charge in [-0.05, 0) is 25.0 Å². The monoisotopic (exact) mass is 238 g/mol. The average molecular weight is 238 g/mol. The van der Waals surface area contributed by atoms with Crippen LogP contribution in [0.15, 0.2) is 6.07 Å². The number of halogens is 1. The van der Waals surface area contributed by atoms with Gasteiger partial charge < -0.3 is 15.2 Å². The third-order valence-corrected chi connectivity index (χ3v) is 2.32. The molecule has 0 aliphatic rings. The average Bonchev–Trinajstić information content (AvgIpc) is 2.28. The molecule has 0 aromatic heterocycles. The predicted octanol–water partition coefficient (Wildman–Crippen LogP) is 2.28. The zero-order chi connectivity index (χ0) is 13.0. The van der Waals surface area contributed by atoms with Gasteiger partial charge in [0.25, 0.3) is 5.69 Å². The van der Waals surface area contributed by atoms with Crippen molar-refractivity contribution in [2.75, 3.05) is 14.2 Å². The molecule has 92 valence electrons. The summed E-state index contributed by atoms with van der Waals surface area (Å²) in [6.45, 7) is 8.75. The summed E-state index contributed by atoms with van der Waals surface area (Å²) in [5.74, 6) is -0.430. The molecule has 0 spiro atoms. The van der Waals surface area contributed by atoms with E-state index in [1.807, 2.05) is 6.92 Å². The van der Waals surface area contributed by atoms with Gasteiger partial charge in [-0.15, -0.1) is 0 Å². The molecule has 0 aliphatic carbocycles. The topological polar surface area (TPSA) is 48.8 Å². The Morgan fingerprint density at radius 1 is 1.47 bits per heavy atom. The van der Waals surface area contributed by atoms with Crippen molar-refractivity contribution < 1.29 is 13.9 Å². The van der Waals surface area contributed by atoms with Gasteiger partial charge in [0.15, 0.2) is 5.82 Å². The molecule has 0 aliphatic heterocycles. The molecule has 4 nitrogen and oxygen atoms in total. The molecule has 1 atom stereocenters. The van der Waals surface area contributed by atoms with Crippen LogP contribution in [0.2, 0.25) is 0 Å². The van der Waals surface area contributed by atoms with E-state index >= 15 is 0 Å². The minimum absolute atomic E-state index is 0.0640. The molecule has 5 heteroatoms. The van der Waals surface area contributed by atoms with Gasteiger partial charge in [-0.25, -0.2) is 9.24 Å². The first-order chi connectivity index (χ1) is 8.04. The van der Waals surface area contributed by atoms with Crippen LogP contribution in [0.3, 0.4) is 0 Å². The fraction of sp³-hybridized carbons (Fsp3) is 0.417. The van der Waals surface area contributed by atoms with E-state index < -0.39 is 5.82 Å². The second kappa shape index (κ2) is 5.51. The highest BCUT2D eigenvalue weighted by Gasteiger charge is 2.20. The molecule has 2 N–H and O–H groups in total. The van der Waals surface area contributed by atoms with Gasteiger partial charge in [-0.2, -0.15) is 0 Å². The first-order valence-electron chi connectivity index (χ1n) is 5.11.